The van der Waals surface area contributed by atoms with E-state index in [1.54, 1.807) is 18.0 Å². The number of amides is 3. The summed E-state index contributed by atoms with van der Waals surface area (Å²) in [5.74, 6) is 0.427. The molecule has 2 heterocycles. The summed E-state index contributed by atoms with van der Waals surface area (Å²) in [6, 6.07) is -0.342. The van der Waals surface area contributed by atoms with E-state index in [1.165, 1.54) is 0 Å². The zero-order valence-electron chi connectivity index (χ0n) is 9.30. The number of nitrogens with zero attached hydrogens (tertiary/aromatic N) is 3. The van der Waals surface area contributed by atoms with E-state index in [0.29, 0.717) is 13.1 Å². The summed E-state index contributed by atoms with van der Waals surface area (Å²) in [5, 5.41) is 2.32. The van der Waals surface area contributed by atoms with E-state index in [1.807, 2.05) is 17.8 Å². The van der Waals surface area contributed by atoms with Gasteiger partial charge in [0.2, 0.25) is 5.91 Å². The number of rotatable bonds is 2. The summed E-state index contributed by atoms with van der Waals surface area (Å²) < 4.78 is 1.86. The fraction of sp³-hybridized carbons (Fsp3) is 0.500. The molecular weight excluding hydrogens is 208 g/mol. The lowest BCUT2D eigenvalue weighted by molar-refractivity contribution is -0.125. The van der Waals surface area contributed by atoms with Crippen molar-refractivity contribution in [2.24, 2.45) is 13.0 Å². The van der Waals surface area contributed by atoms with Crippen molar-refractivity contribution in [1.82, 2.24) is 19.8 Å². The van der Waals surface area contributed by atoms with Crippen LogP contribution in [0.15, 0.2) is 12.4 Å². The summed E-state index contributed by atoms with van der Waals surface area (Å²) in [4.78, 5) is 28.5. The minimum absolute atomic E-state index is 0.169. The molecule has 0 aliphatic carbocycles. The first-order valence-corrected chi connectivity index (χ1v) is 5.14. The minimum Gasteiger partial charge on any atom is -0.337 e. The zero-order chi connectivity index (χ0) is 11.7. The first-order valence-electron chi connectivity index (χ1n) is 5.14. The number of aryl methyl sites for hydroxylation is 1. The van der Waals surface area contributed by atoms with Crippen molar-refractivity contribution in [2.45, 2.75) is 13.5 Å². The molecule has 0 bridgehead atoms. The number of nitrogens with one attached hydrogen (secondary N) is 1. The number of aromatic nitrogens is 2. The molecular formula is C10H14N4O2. The Balaban J connectivity index is 2.08. The van der Waals surface area contributed by atoms with Crippen LogP contribution in [0, 0.1) is 5.92 Å². The van der Waals surface area contributed by atoms with Gasteiger partial charge < -0.3 is 9.47 Å². The average molecular weight is 222 g/mol. The second-order valence-electron chi connectivity index (χ2n) is 4.03. The standard InChI is InChI=1S/C10H14N4O2/c1-7-5-14(10(16)12-9(7)15)6-8-11-3-4-13(8)2/h3-4,7H,5-6H2,1-2H3,(H,12,15,16). The van der Waals surface area contributed by atoms with Crippen molar-refractivity contribution in [2.75, 3.05) is 6.54 Å². The second-order valence-corrected chi connectivity index (χ2v) is 4.03. The molecule has 0 saturated carbocycles. The van der Waals surface area contributed by atoms with Gasteiger partial charge in [-0.15, -0.1) is 0 Å². The van der Waals surface area contributed by atoms with Crippen LogP contribution in [-0.4, -0.2) is 32.9 Å². The number of hydrogen-bond acceptors (Lipinski definition) is 3. The lowest BCUT2D eigenvalue weighted by Crippen LogP contribution is -2.53. The Hall–Kier alpha value is -1.85. The quantitative estimate of drug-likeness (QED) is 0.772. The van der Waals surface area contributed by atoms with E-state index in [0.717, 1.165) is 5.82 Å². The lowest BCUT2D eigenvalue weighted by atomic mass is 10.1. The van der Waals surface area contributed by atoms with Gasteiger partial charge in [-0.1, -0.05) is 6.92 Å². The van der Waals surface area contributed by atoms with Crippen LogP contribution in [0.3, 0.4) is 0 Å². The molecule has 0 radical (unpaired) electrons. The highest BCUT2D eigenvalue weighted by Gasteiger charge is 2.29. The first kappa shape index (κ1) is 10.7. The first-order chi connectivity index (χ1) is 7.58. The molecule has 1 fully saturated rings. The van der Waals surface area contributed by atoms with Crippen LogP contribution in [0.5, 0.6) is 0 Å². The third-order valence-electron chi connectivity index (χ3n) is 2.71. The molecule has 6 nitrogen and oxygen atoms in total. The molecule has 1 aliphatic rings. The normalized spacial score (nSPS) is 21.1. The highest BCUT2D eigenvalue weighted by atomic mass is 16.2. The maximum Gasteiger partial charge on any atom is 0.324 e. The van der Waals surface area contributed by atoms with E-state index in [-0.39, 0.29) is 17.9 Å². The van der Waals surface area contributed by atoms with Crippen molar-refractivity contribution in [1.29, 1.82) is 0 Å². The van der Waals surface area contributed by atoms with Crippen molar-refractivity contribution in [3.8, 4) is 0 Å². The molecule has 1 unspecified atom stereocenters. The monoisotopic (exact) mass is 222 g/mol. The van der Waals surface area contributed by atoms with Crippen molar-refractivity contribution in [3.05, 3.63) is 18.2 Å². The van der Waals surface area contributed by atoms with Crippen LogP contribution in [0.2, 0.25) is 0 Å². The number of carbonyl (C=O) groups excluding carboxylic acids is 2. The second kappa shape index (κ2) is 3.96. The van der Waals surface area contributed by atoms with Crippen molar-refractivity contribution < 1.29 is 9.59 Å². The number of carbonyl (C=O) groups is 2. The molecule has 1 N–H and O–H groups in total. The summed E-state index contributed by atoms with van der Waals surface area (Å²) >= 11 is 0. The molecule has 1 aliphatic heterocycles. The fourth-order valence-corrected chi connectivity index (χ4v) is 1.66. The molecule has 1 aromatic rings. The maximum atomic E-state index is 11.5. The highest BCUT2D eigenvalue weighted by molar-refractivity contribution is 5.97. The smallest absolute Gasteiger partial charge is 0.324 e. The van der Waals surface area contributed by atoms with Crippen LogP contribution in [0.1, 0.15) is 12.7 Å². The summed E-state index contributed by atoms with van der Waals surface area (Å²) in [6.07, 6.45) is 3.51. The van der Waals surface area contributed by atoms with Gasteiger partial charge in [0.05, 0.1) is 12.5 Å². The van der Waals surface area contributed by atoms with E-state index >= 15 is 0 Å². The average Bonchev–Trinajstić information content (AvgIpc) is 2.61. The molecule has 86 valence electrons. The third-order valence-corrected chi connectivity index (χ3v) is 2.71. The van der Waals surface area contributed by atoms with Gasteiger partial charge in [-0.25, -0.2) is 9.78 Å². The predicted molar refractivity (Wildman–Crippen MR) is 56.3 cm³/mol. The highest BCUT2D eigenvalue weighted by Crippen LogP contribution is 2.10. The van der Waals surface area contributed by atoms with Crippen LogP contribution < -0.4 is 5.32 Å². The summed E-state index contributed by atoms with van der Waals surface area (Å²) in [5.41, 5.74) is 0. The molecule has 1 aromatic heterocycles. The van der Waals surface area contributed by atoms with Gasteiger partial charge in [0.15, 0.2) is 0 Å². The Morgan fingerprint density at radius 2 is 2.31 bits per heavy atom. The molecule has 0 aromatic carbocycles. The maximum absolute atomic E-state index is 11.5. The lowest BCUT2D eigenvalue weighted by Gasteiger charge is -2.29. The van der Waals surface area contributed by atoms with Gasteiger partial charge in [0.1, 0.15) is 5.82 Å². The van der Waals surface area contributed by atoms with Crippen LogP contribution >= 0.6 is 0 Å². The van der Waals surface area contributed by atoms with Gasteiger partial charge in [-0.2, -0.15) is 0 Å². The molecule has 1 atom stereocenters. The molecule has 16 heavy (non-hydrogen) atoms. The third kappa shape index (κ3) is 1.91. The molecule has 2 rings (SSSR count). The molecule has 1 saturated heterocycles. The number of imide groups is 1. The van der Waals surface area contributed by atoms with Gasteiger partial charge in [0.25, 0.3) is 0 Å². The minimum atomic E-state index is -0.342. The van der Waals surface area contributed by atoms with Crippen molar-refractivity contribution >= 4 is 11.9 Å². The largest absolute Gasteiger partial charge is 0.337 e. The molecule has 3 amide bonds. The fourth-order valence-electron chi connectivity index (χ4n) is 1.66. The number of hydrogen-bond donors (Lipinski definition) is 1. The van der Waals surface area contributed by atoms with Crippen molar-refractivity contribution in [3.63, 3.8) is 0 Å². The Kier molecular flexibility index (Phi) is 2.64. The van der Waals surface area contributed by atoms with Gasteiger partial charge in [-0.3, -0.25) is 10.1 Å². The van der Waals surface area contributed by atoms with Gasteiger partial charge in [0, 0.05) is 26.0 Å². The topological polar surface area (TPSA) is 67.2 Å². The summed E-state index contributed by atoms with van der Waals surface area (Å²) in [6.45, 7) is 2.66. The summed E-state index contributed by atoms with van der Waals surface area (Å²) in [7, 11) is 1.87. The predicted octanol–water partition coefficient (Wildman–Crippen LogP) is 0.108. The molecule has 6 heteroatoms. The Morgan fingerprint density at radius 1 is 1.56 bits per heavy atom. The van der Waals surface area contributed by atoms with E-state index in [4.69, 9.17) is 0 Å². The zero-order valence-corrected chi connectivity index (χ0v) is 9.30. The number of urea groups is 1. The van der Waals surface area contributed by atoms with E-state index in [2.05, 4.69) is 10.3 Å². The van der Waals surface area contributed by atoms with Crippen LogP contribution in [0.25, 0.3) is 0 Å². The Morgan fingerprint density at radius 3 is 2.94 bits per heavy atom. The van der Waals surface area contributed by atoms with Gasteiger partial charge >= 0.3 is 6.03 Å². The Labute approximate surface area is 93.3 Å². The Bertz CT molecular complexity index is 426. The SMILES string of the molecule is CC1CN(Cc2nccn2C)C(=O)NC1=O. The number of imidazole rings is 1. The van der Waals surface area contributed by atoms with Crippen LogP contribution in [0.4, 0.5) is 4.79 Å². The van der Waals surface area contributed by atoms with E-state index in [9.17, 15) is 9.59 Å². The van der Waals surface area contributed by atoms with Crippen LogP contribution in [-0.2, 0) is 18.4 Å². The van der Waals surface area contributed by atoms with Gasteiger partial charge in [-0.05, 0) is 0 Å². The molecule has 0 spiro atoms. The van der Waals surface area contributed by atoms with E-state index < -0.39 is 0 Å².